The van der Waals surface area contributed by atoms with Crippen LogP contribution in [0.5, 0.6) is 0 Å². The lowest BCUT2D eigenvalue weighted by molar-refractivity contribution is 0.603. The highest BCUT2D eigenvalue weighted by Crippen LogP contribution is 2.31. The summed E-state index contributed by atoms with van der Waals surface area (Å²) >= 11 is 0. The third-order valence-electron chi connectivity index (χ3n) is 3.93. The Bertz CT molecular complexity index is 740. The lowest BCUT2D eigenvalue weighted by Crippen LogP contribution is -2.22. The van der Waals surface area contributed by atoms with Crippen LogP contribution in [0, 0.1) is 0 Å². The van der Waals surface area contributed by atoms with Gasteiger partial charge in [0.2, 0.25) is 0 Å². The second-order valence-electron chi connectivity index (χ2n) is 5.07. The second-order valence-corrected chi connectivity index (χ2v) is 5.07. The van der Waals surface area contributed by atoms with Gasteiger partial charge in [-0.25, -0.2) is 0 Å². The van der Waals surface area contributed by atoms with Gasteiger partial charge in [-0.1, -0.05) is 42.5 Å². The molecule has 0 aliphatic carbocycles. The van der Waals surface area contributed by atoms with Crippen LogP contribution in [0.1, 0.15) is 5.56 Å². The molecule has 2 aromatic carbocycles. The van der Waals surface area contributed by atoms with Gasteiger partial charge in [0, 0.05) is 41.8 Å². The maximum absolute atomic E-state index is 3.52. The number of nitrogens with one attached hydrogen (secondary N) is 1. The van der Waals surface area contributed by atoms with E-state index < -0.39 is 0 Å². The van der Waals surface area contributed by atoms with Crippen LogP contribution in [0.15, 0.2) is 54.6 Å². The van der Waals surface area contributed by atoms with E-state index in [-0.39, 0.29) is 0 Å². The predicted molar refractivity (Wildman–Crippen MR) is 79.1 cm³/mol. The zero-order valence-corrected chi connectivity index (χ0v) is 10.8. The number of para-hydroxylation sites is 1. The van der Waals surface area contributed by atoms with Gasteiger partial charge in [-0.15, -0.1) is 0 Å². The van der Waals surface area contributed by atoms with Gasteiger partial charge in [0.15, 0.2) is 0 Å². The molecule has 3 aromatic rings. The zero-order valence-electron chi connectivity index (χ0n) is 10.8. The normalized spacial score (nSPS) is 14.5. The molecule has 1 aromatic heterocycles. The van der Waals surface area contributed by atoms with E-state index in [1.165, 1.54) is 27.7 Å². The van der Waals surface area contributed by atoms with Crippen molar-refractivity contribution >= 4 is 10.9 Å². The molecule has 0 saturated carbocycles. The van der Waals surface area contributed by atoms with Crippen molar-refractivity contribution in [3.05, 3.63) is 60.2 Å². The van der Waals surface area contributed by atoms with Gasteiger partial charge in [0.05, 0.1) is 0 Å². The smallest absolute Gasteiger partial charge is 0.0495 e. The van der Waals surface area contributed by atoms with Crippen molar-refractivity contribution in [3.63, 3.8) is 0 Å². The van der Waals surface area contributed by atoms with Crippen LogP contribution in [0.3, 0.4) is 0 Å². The summed E-state index contributed by atoms with van der Waals surface area (Å²) in [5.74, 6) is 0. The number of hydrogen-bond acceptors (Lipinski definition) is 1. The molecule has 0 amide bonds. The highest BCUT2D eigenvalue weighted by Gasteiger charge is 2.14. The van der Waals surface area contributed by atoms with Gasteiger partial charge in [0.25, 0.3) is 0 Å². The minimum Gasteiger partial charge on any atom is -0.339 e. The van der Waals surface area contributed by atoms with Gasteiger partial charge in [-0.05, 0) is 17.7 Å². The molecule has 0 radical (unpaired) electrons. The van der Waals surface area contributed by atoms with Gasteiger partial charge in [-0.2, -0.15) is 0 Å². The molecule has 0 atom stereocenters. The zero-order chi connectivity index (χ0) is 12.7. The first-order valence-electron chi connectivity index (χ1n) is 6.81. The van der Waals surface area contributed by atoms with E-state index >= 15 is 0 Å². The molecule has 0 saturated heterocycles. The van der Waals surface area contributed by atoms with Crippen molar-refractivity contribution in [2.24, 2.45) is 0 Å². The second kappa shape index (κ2) is 4.25. The Balaban J connectivity index is 2.06. The molecule has 2 nitrogen and oxygen atoms in total. The fraction of sp³-hybridized carbons (Fsp3) is 0.176. The molecule has 0 unspecified atom stereocenters. The number of nitrogens with zero attached hydrogens (tertiary/aromatic N) is 1. The van der Waals surface area contributed by atoms with Crippen LogP contribution in [0.4, 0.5) is 0 Å². The molecule has 94 valence electrons. The number of hydrogen-bond donors (Lipinski definition) is 1. The average molecular weight is 248 g/mol. The van der Waals surface area contributed by atoms with Crippen LogP contribution in [-0.4, -0.2) is 11.1 Å². The van der Waals surface area contributed by atoms with E-state index in [1.807, 2.05) is 0 Å². The summed E-state index contributed by atoms with van der Waals surface area (Å²) < 4.78 is 2.43. The summed E-state index contributed by atoms with van der Waals surface area (Å²) in [4.78, 5) is 0. The molecule has 0 bridgehead atoms. The molecule has 1 aliphatic rings. The fourth-order valence-electron chi connectivity index (χ4n) is 3.01. The first kappa shape index (κ1) is 10.8. The molecule has 1 aliphatic heterocycles. The third-order valence-corrected chi connectivity index (χ3v) is 3.93. The Hall–Kier alpha value is -2.06. The van der Waals surface area contributed by atoms with E-state index in [0.717, 1.165) is 19.6 Å². The van der Waals surface area contributed by atoms with Gasteiger partial charge >= 0.3 is 0 Å². The van der Waals surface area contributed by atoms with E-state index in [4.69, 9.17) is 0 Å². The fourth-order valence-corrected chi connectivity index (χ4v) is 3.01. The minimum atomic E-state index is 0.956. The molecule has 2 heterocycles. The summed E-state index contributed by atoms with van der Waals surface area (Å²) in [6.07, 6.45) is 0. The van der Waals surface area contributed by atoms with Crippen molar-refractivity contribution in [3.8, 4) is 11.3 Å². The topological polar surface area (TPSA) is 17.0 Å². The SMILES string of the molecule is c1ccc2c(c1)CNCCn1c-2cc2ccccc21. The van der Waals surface area contributed by atoms with E-state index in [9.17, 15) is 0 Å². The maximum Gasteiger partial charge on any atom is 0.0495 e. The molecular weight excluding hydrogens is 232 g/mol. The Kier molecular flexibility index (Phi) is 2.42. The minimum absolute atomic E-state index is 0.956. The molecule has 1 N–H and O–H groups in total. The van der Waals surface area contributed by atoms with Crippen molar-refractivity contribution in [1.29, 1.82) is 0 Å². The van der Waals surface area contributed by atoms with Gasteiger partial charge < -0.3 is 9.88 Å². The number of aromatic nitrogens is 1. The van der Waals surface area contributed by atoms with E-state index in [1.54, 1.807) is 0 Å². The lowest BCUT2D eigenvalue weighted by atomic mass is 10.0. The summed E-state index contributed by atoms with van der Waals surface area (Å²) in [5.41, 5.74) is 5.41. The summed E-state index contributed by atoms with van der Waals surface area (Å²) in [6.45, 7) is 2.99. The maximum atomic E-state index is 3.52. The third kappa shape index (κ3) is 1.68. The summed E-state index contributed by atoms with van der Waals surface area (Å²) in [5, 5.41) is 4.85. The molecular formula is C17H16N2. The highest BCUT2D eigenvalue weighted by molar-refractivity contribution is 5.87. The van der Waals surface area contributed by atoms with Gasteiger partial charge in [-0.3, -0.25) is 0 Å². The molecule has 4 rings (SSSR count). The predicted octanol–water partition coefficient (Wildman–Crippen LogP) is 3.41. The summed E-state index contributed by atoms with van der Waals surface area (Å²) in [7, 11) is 0. The first-order valence-corrected chi connectivity index (χ1v) is 6.81. The van der Waals surface area contributed by atoms with E-state index in [2.05, 4.69) is 64.5 Å². The van der Waals surface area contributed by atoms with Crippen LogP contribution in [0.2, 0.25) is 0 Å². The Morgan fingerprint density at radius 3 is 2.79 bits per heavy atom. The van der Waals surface area contributed by atoms with Crippen molar-refractivity contribution in [2.75, 3.05) is 6.54 Å². The van der Waals surface area contributed by atoms with Crippen LogP contribution >= 0.6 is 0 Å². The monoisotopic (exact) mass is 248 g/mol. The molecule has 2 heteroatoms. The average Bonchev–Trinajstić information content (AvgIpc) is 2.79. The molecule has 0 fully saturated rings. The van der Waals surface area contributed by atoms with Crippen LogP contribution in [-0.2, 0) is 13.1 Å². The van der Waals surface area contributed by atoms with Gasteiger partial charge in [0.1, 0.15) is 0 Å². The Morgan fingerprint density at radius 1 is 0.947 bits per heavy atom. The Labute approximate surface area is 112 Å². The summed E-state index contributed by atoms with van der Waals surface area (Å²) in [6, 6.07) is 19.7. The first-order chi connectivity index (χ1) is 9.43. The number of benzene rings is 2. The number of rotatable bonds is 0. The van der Waals surface area contributed by atoms with Crippen molar-refractivity contribution < 1.29 is 0 Å². The molecule has 0 spiro atoms. The van der Waals surface area contributed by atoms with Crippen molar-refractivity contribution in [2.45, 2.75) is 13.1 Å². The Morgan fingerprint density at radius 2 is 1.79 bits per heavy atom. The largest absolute Gasteiger partial charge is 0.339 e. The standard InChI is InChI=1S/C17H16N2/c1-3-7-15-14(6-1)12-18-9-10-19-16-8-4-2-5-13(16)11-17(15)19/h1-8,11,18H,9-10,12H2. The van der Waals surface area contributed by atoms with E-state index in [0.29, 0.717) is 0 Å². The van der Waals surface area contributed by atoms with Crippen molar-refractivity contribution in [1.82, 2.24) is 9.88 Å². The molecule has 19 heavy (non-hydrogen) atoms. The number of fused-ring (bicyclic) bond motifs is 5. The van der Waals surface area contributed by atoms with Crippen LogP contribution in [0.25, 0.3) is 22.2 Å². The van der Waals surface area contributed by atoms with Crippen LogP contribution < -0.4 is 5.32 Å². The lowest BCUT2D eigenvalue weighted by Gasteiger charge is -2.18. The quantitative estimate of drug-likeness (QED) is 0.645. The highest BCUT2D eigenvalue weighted by atomic mass is 15.0.